The number of nitrogens with zero attached hydrogens (tertiary/aromatic N) is 2. The third-order valence-electron chi connectivity index (χ3n) is 3.91. The number of ether oxygens (including phenoxy) is 1. The van der Waals surface area contributed by atoms with E-state index in [1.807, 2.05) is 39.0 Å². The van der Waals surface area contributed by atoms with Gasteiger partial charge in [0, 0.05) is 38.8 Å². The predicted octanol–water partition coefficient (Wildman–Crippen LogP) is 2.91. The molecule has 6 heteroatoms. The van der Waals surface area contributed by atoms with E-state index in [2.05, 4.69) is 17.0 Å². The van der Waals surface area contributed by atoms with Crippen molar-refractivity contribution < 1.29 is 14.6 Å². The van der Waals surface area contributed by atoms with E-state index in [1.165, 1.54) is 5.56 Å². The van der Waals surface area contributed by atoms with Crippen molar-refractivity contribution in [3.63, 3.8) is 0 Å². The molecule has 1 aromatic carbocycles. The van der Waals surface area contributed by atoms with E-state index in [1.54, 1.807) is 4.90 Å². The van der Waals surface area contributed by atoms with E-state index in [0.29, 0.717) is 13.0 Å². The molecule has 0 saturated carbocycles. The molecule has 0 aromatic heterocycles. The Hall–Kier alpha value is -1.30. The molecule has 1 fully saturated rings. The molecular weight excluding hydrogens is 328 g/mol. The first-order chi connectivity index (χ1) is 10.9. The molecule has 0 radical (unpaired) electrons. The number of benzene rings is 1. The molecule has 1 aliphatic heterocycles. The highest BCUT2D eigenvalue weighted by molar-refractivity contribution is 5.85. The summed E-state index contributed by atoms with van der Waals surface area (Å²) in [5.74, 6) is 0. The summed E-state index contributed by atoms with van der Waals surface area (Å²) in [6.45, 7) is 8.76. The largest absolute Gasteiger partial charge is 0.444 e. The van der Waals surface area contributed by atoms with Crippen molar-refractivity contribution in [3.8, 4) is 0 Å². The van der Waals surface area contributed by atoms with Gasteiger partial charge in [-0.05, 0) is 32.8 Å². The summed E-state index contributed by atoms with van der Waals surface area (Å²) in [6.07, 6.45) is 0.292. The van der Waals surface area contributed by atoms with Gasteiger partial charge in [0.05, 0.1) is 0 Å². The SMILES string of the molecule is CC(C)(C)OC(=O)N1CCN(Cc2ccccc2)CC1CCO.Cl. The number of halogens is 1. The minimum absolute atomic E-state index is 0. The van der Waals surface area contributed by atoms with Gasteiger partial charge in [-0.25, -0.2) is 4.79 Å². The van der Waals surface area contributed by atoms with Crippen LogP contribution in [0.5, 0.6) is 0 Å². The van der Waals surface area contributed by atoms with Crippen LogP contribution in [0.15, 0.2) is 30.3 Å². The van der Waals surface area contributed by atoms with Crippen molar-refractivity contribution in [3.05, 3.63) is 35.9 Å². The number of carbonyl (C=O) groups excluding carboxylic acids is 1. The molecule has 136 valence electrons. The Kier molecular flexibility index (Phi) is 8.00. The zero-order valence-electron chi connectivity index (χ0n) is 14.8. The lowest BCUT2D eigenvalue weighted by molar-refractivity contribution is -0.00610. The topological polar surface area (TPSA) is 53.0 Å². The molecule has 1 N–H and O–H groups in total. The fourth-order valence-electron chi connectivity index (χ4n) is 2.86. The molecule has 24 heavy (non-hydrogen) atoms. The second-order valence-corrected chi connectivity index (χ2v) is 7.06. The summed E-state index contributed by atoms with van der Waals surface area (Å²) in [5, 5.41) is 9.33. The summed E-state index contributed by atoms with van der Waals surface area (Å²) >= 11 is 0. The van der Waals surface area contributed by atoms with Crippen LogP contribution in [0.4, 0.5) is 4.79 Å². The number of hydrogen-bond donors (Lipinski definition) is 1. The summed E-state index contributed by atoms with van der Waals surface area (Å²) in [4.78, 5) is 16.5. The molecule has 1 aliphatic rings. The van der Waals surface area contributed by atoms with Gasteiger partial charge < -0.3 is 14.7 Å². The van der Waals surface area contributed by atoms with Crippen LogP contribution in [0.1, 0.15) is 32.8 Å². The Bertz CT molecular complexity index is 505. The van der Waals surface area contributed by atoms with Gasteiger partial charge in [0.2, 0.25) is 0 Å². The number of piperazine rings is 1. The van der Waals surface area contributed by atoms with Crippen molar-refractivity contribution in [1.29, 1.82) is 0 Å². The van der Waals surface area contributed by atoms with E-state index in [0.717, 1.165) is 19.6 Å². The maximum absolute atomic E-state index is 12.4. The van der Waals surface area contributed by atoms with Crippen LogP contribution in [-0.2, 0) is 11.3 Å². The highest BCUT2D eigenvalue weighted by Gasteiger charge is 2.32. The smallest absolute Gasteiger partial charge is 0.410 e. The van der Waals surface area contributed by atoms with Crippen molar-refractivity contribution in [1.82, 2.24) is 9.80 Å². The van der Waals surface area contributed by atoms with E-state index in [4.69, 9.17) is 4.74 Å². The quantitative estimate of drug-likeness (QED) is 0.901. The van der Waals surface area contributed by atoms with Crippen LogP contribution >= 0.6 is 12.4 Å². The van der Waals surface area contributed by atoms with Gasteiger partial charge >= 0.3 is 6.09 Å². The molecule has 1 atom stereocenters. The lowest BCUT2D eigenvalue weighted by atomic mass is 10.1. The third-order valence-corrected chi connectivity index (χ3v) is 3.91. The molecule has 2 rings (SSSR count). The second kappa shape index (κ2) is 9.25. The van der Waals surface area contributed by atoms with Crippen LogP contribution in [0, 0.1) is 0 Å². The first-order valence-corrected chi connectivity index (χ1v) is 8.26. The van der Waals surface area contributed by atoms with Crippen molar-refractivity contribution >= 4 is 18.5 Å². The lowest BCUT2D eigenvalue weighted by Crippen LogP contribution is -2.56. The number of hydrogen-bond acceptors (Lipinski definition) is 4. The lowest BCUT2D eigenvalue weighted by Gasteiger charge is -2.41. The number of carbonyl (C=O) groups is 1. The second-order valence-electron chi connectivity index (χ2n) is 7.06. The Morgan fingerprint density at radius 1 is 1.25 bits per heavy atom. The third kappa shape index (κ3) is 6.30. The van der Waals surface area contributed by atoms with Gasteiger partial charge in [-0.2, -0.15) is 0 Å². The van der Waals surface area contributed by atoms with Gasteiger partial charge in [-0.3, -0.25) is 4.90 Å². The van der Waals surface area contributed by atoms with Gasteiger partial charge in [-0.1, -0.05) is 30.3 Å². The zero-order chi connectivity index (χ0) is 16.9. The number of aliphatic hydroxyl groups excluding tert-OH is 1. The molecule has 0 spiro atoms. The minimum atomic E-state index is -0.498. The van der Waals surface area contributed by atoms with Gasteiger partial charge in [0.1, 0.15) is 5.60 Å². The molecule has 1 aromatic rings. The van der Waals surface area contributed by atoms with E-state index >= 15 is 0 Å². The zero-order valence-corrected chi connectivity index (χ0v) is 15.6. The van der Waals surface area contributed by atoms with Crippen LogP contribution in [0.25, 0.3) is 0 Å². The van der Waals surface area contributed by atoms with Crippen LogP contribution < -0.4 is 0 Å². The molecule has 0 aliphatic carbocycles. The Morgan fingerprint density at radius 2 is 1.92 bits per heavy atom. The summed E-state index contributed by atoms with van der Waals surface area (Å²) < 4.78 is 5.49. The van der Waals surface area contributed by atoms with Crippen molar-refractivity contribution in [2.24, 2.45) is 0 Å². The first-order valence-electron chi connectivity index (χ1n) is 8.26. The molecule has 1 unspecified atom stereocenters. The van der Waals surface area contributed by atoms with E-state index < -0.39 is 5.60 Å². The minimum Gasteiger partial charge on any atom is -0.444 e. The summed E-state index contributed by atoms with van der Waals surface area (Å²) in [7, 11) is 0. The Labute approximate surface area is 151 Å². The molecule has 1 amide bonds. The number of rotatable bonds is 4. The Morgan fingerprint density at radius 3 is 2.50 bits per heavy atom. The molecule has 5 nitrogen and oxygen atoms in total. The molecule has 1 heterocycles. The highest BCUT2D eigenvalue weighted by atomic mass is 35.5. The van der Waals surface area contributed by atoms with Gasteiger partial charge in [-0.15, -0.1) is 12.4 Å². The fraction of sp³-hybridized carbons (Fsp3) is 0.611. The average Bonchev–Trinajstić information content (AvgIpc) is 2.47. The summed E-state index contributed by atoms with van der Waals surface area (Å²) in [5.41, 5.74) is 0.767. The van der Waals surface area contributed by atoms with Crippen LogP contribution in [0.2, 0.25) is 0 Å². The van der Waals surface area contributed by atoms with Crippen LogP contribution in [-0.4, -0.2) is 58.9 Å². The highest BCUT2D eigenvalue weighted by Crippen LogP contribution is 2.19. The normalized spacial score (nSPS) is 18.8. The van der Waals surface area contributed by atoms with Crippen molar-refractivity contribution in [2.45, 2.75) is 45.4 Å². The number of amides is 1. The Balaban J connectivity index is 0.00000288. The van der Waals surface area contributed by atoms with Crippen LogP contribution in [0.3, 0.4) is 0 Å². The summed E-state index contributed by atoms with van der Waals surface area (Å²) in [6, 6.07) is 10.3. The average molecular weight is 357 g/mol. The standard InChI is InChI=1S/C18H28N2O3.ClH/c1-18(2,3)23-17(22)20-11-10-19(14-16(20)9-12-21)13-15-7-5-4-6-8-15;/h4-8,16,21H,9-14H2,1-3H3;1H. The first kappa shape index (κ1) is 20.7. The van der Waals surface area contributed by atoms with Gasteiger partial charge in [0.15, 0.2) is 0 Å². The number of aliphatic hydroxyl groups is 1. The van der Waals surface area contributed by atoms with Gasteiger partial charge in [0.25, 0.3) is 0 Å². The maximum atomic E-state index is 12.4. The fourth-order valence-corrected chi connectivity index (χ4v) is 2.86. The van der Waals surface area contributed by atoms with E-state index in [9.17, 15) is 9.90 Å². The predicted molar refractivity (Wildman–Crippen MR) is 97.4 cm³/mol. The van der Waals surface area contributed by atoms with E-state index in [-0.39, 0.29) is 31.1 Å². The molecule has 1 saturated heterocycles. The maximum Gasteiger partial charge on any atom is 0.410 e. The molecular formula is C18H29ClN2O3. The van der Waals surface area contributed by atoms with Crippen molar-refractivity contribution in [2.75, 3.05) is 26.2 Å². The molecule has 0 bridgehead atoms. The monoisotopic (exact) mass is 356 g/mol.